The van der Waals surface area contributed by atoms with Gasteiger partial charge >= 0.3 is 0 Å². The minimum atomic E-state index is -0.479. The van der Waals surface area contributed by atoms with Gasteiger partial charge in [-0.15, -0.1) is 24.0 Å². The molecule has 1 unspecified atom stereocenters. The number of aliphatic hydroxyl groups is 1. The maximum Gasteiger partial charge on any atom is 0.191 e. The van der Waals surface area contributed by atoms with Crippen molar-refractivity contribution in [2.24, 2.45) is 4.99 Å². The Morgan fingerprint density at radius 2 is 1.84 bits per heavy atom. The van der Waals surface area contributed by atoms with Gasteiger partial charge in [-0.25, -0.2) is 8.78 Å². The van der Waals surface area contributed by atoms with Crippen molar-refractivity contribution >= 4 is 29.9 Å². The molecule has 1 aromatic carbocycles. The number of aliphatic hydroxyl groups excluding tert-OH is 1. The first-order chi connectivity index (χ1) is 15.0. The van der Waals surface area contributed by atoms with Crippen LogP contribution in [0, 0.1) is 11.6 Å². The maximum absolute atomic E-state index is 14.0. The fraction of sp³-hybridized carbons (Fsp3) is 0.696. The van der Waals surface area contributed by atoms with E-state index in [2.05, 4.69) is 20.4 Å². The molecule has 182 valence electrons. The highest BCUT2D eigenvalue weighted by Crippen LogP contribution is 2.18. The van der Waals surface area contributed by atoms with Crippen molar-refractivity contribution in [2.75, 3.05) is 45.8 Å². The average Bonchev–Trinajstić information content (AvgIpc) is 2.75. The van der Waals surface area contributed by atoms with Crippen molar-refractivity contribution in [1.29, 1.82) is 0 Å². The van der Waals surface area contributed by atoms with E-state index in [1.807, 2.05) is 6.92 Å². The van der Waals surface area contributed by atoms with Crippen LogP contribution in [0.3, 0.4) is 0 Å². The predicted octanol–water partition coefficient (Wildman–Crippen LogP) is 2.95. The first kappa shape index (κ1) is 27.2. The highest BCUT2D eigenvalue weighted by molar-refractivity contribution is 14.0. The third kappa shape index (κ3) is 8.72. The van der Waals surface area contributed by atoms with Crippen LogP contribution in [0.1, 0.15) is 44.6 Å². The standard InChI is InChI=1S/C23H37F2N5O.HI/c1-2-26-23(27-11-5-13-29-14-9-19(31)10-15-29)28-18-6-4-12-30(16-18)17-20-21(24)7-3-8-22(20)25;/h3,7-8,18-19,31H,2,4-6,9-17H2,1H3,(H2,26,27,28);1H. The zero-order chi connectivity index (χ0) is 22.1. The quantitative estimate of drug-likeness (QED) is 0.196. The minimum Gasteiger partial charge on any atom is -0.393 e. The number of nitrogens with one attached hydrogen (secondary N) is 2. The number of rotatable bonds is 8. The average molecular weight is 565 g/mol. The lowest BCUT2D eigenvalue weighted by Gasteiger charge is -2.34. The molecule has 1 aromatic rings. The fourth-order valence-corrected chi connectivity index (χ4v) is 4.37. The van der Waals surface area contributed by atoms with E-state index >= 15 is 0 Å². The van der Waals surface area contributed by atoms with E-state index in [4.69, 9.17) is 4.99 Å². The van der Waals surface area contributed by atoms with Crippen LogP contribution >= 0.6 is 24.0 Å². The molecule has 2 fully saturated rings. The summed E-state index contributed by atoms with van der Waals surface area (Å²) in [6.07, 6.45) is 4.56. The molecule has 0 spiro atoms. The number of halogens is 3. The third-order valence-corrected chi connectivity index (χ3v) is 6.09. The van der Waals surface area contributed by atoms with Gasteiger partial charge in [0.25, 0.3) is 0 Å². The number of hydrogen-bond acceptors (Lipinski definition) is 4. The summed E-state index contributed by atoms with van der Waals surface area (Å²) in [7, 11) is 0. The van der Waals surface area contributed by atoms with E-state index < -0.39 is 11.6 Å². The summed E-state index contributed by atoms with van der Waals surface area (Å²) in [5, 5.41) is 16.4. The van der Waals surface area contributed by atoms with Gasteiger partial charge in [0.2, 0.25) is 0 Å². The smallest absolute Gasteiger partial charge is 0.191 e. The van der Waals surface area contributed by atoms with E-state index in [1.165, 1.54) is 18.2 Å². The summed E-state index contributed by atoms with van der Waals surface area (Å²) in [4.78, 5) is 9.22. The molecule has 9 heteroatoms. The molecule has 0 amide bonds. The Labute approximate surface area is 207 Å². The molecular formula is C23H38F2IN5O. The summed E-state index contributed by atoms with van der Waals surface area (Å²) < 4.78 is 28.0. The van der Waals surface area contributed by atoms with Gasteiger partial charge in [0.15, 0.2) is 5.96 Å². The second-order valence-electron chi connectivity index (χ2n) is 8.61. The van der Waals surface area contributed by atoms with E-state index in [1.54, 1.807) is 0 Å². The van der Waals surface area contributed by atoms with Crippen molar-refractivity contribution in [2.45, 2.75) is 57.7 Å². The lowest BCUT2D eigenvalue weighted by molar-refractivity contribution is 0.0824. The largest absolute Gasteiger partial charge is 0.393 e. The number of likely N-dealkylation sites (tertiary alicyclic amines) is 2. The predicted molar refractivity (Wildman–Crippen MR) is 135 cm³/mol. The Bertz CT molecular complexity index is 695. The molecule has 1 atom stereocenters. The molecule has 2 aliphatic heterocycles. The van der Waals surface area contributed by atoms with E-state index in [9.17, 15) is 13.9 Å². The second kappa shape index (κ2) is 14.3. The Balaban J connectivity index is 0.00000363. The number of piperidine rings is 2. The van der Waals surface area contributed by atoms with Crippen molar-refractivity contribution in [3.05, 3.63) is 35.4 Å². The molecule has 2 saturated heterocycles. The van der Waals surface area contributed by atoms with Gasteiger partial charge in [-0.3, -0.25) is 9.89 Å². The van der Waals surface area contributed by atoms with Crippen LogP contribution in [-0.2, 0) is 6.54 Å². The molecule has 0 radical (unpaired) electrons. The van der Waals surface area contributed by atoms with Gasteiger partial charge < -0.3 is 20.6 Å². The van der Waals surface area contributed by atoms with E-state index in [0.717, 1.165) is 83.9 Å². The van der Waals surface area contributed by atoms with Gasteiger partial charge in [-0.1, -0.05) is 6.07 Å². The molecular weight excluding hydrogens is 527 g/mol. The van der Waals surface area contributed by atoms with E-state index in [0.29, 0.717) is 0 Å². The first-order valence-electron chi connectivity index (χ1n) is 11.7. The number of nitrogens with zero attached hydrogens (tertiary/aromatic N) is 3. The monoisotopic (exact) mass is 565 g/mol. The lowest BCUT2D eigenvalue weighted by Crippen LogP contribution is -2.51. The summed E-state index contributed by atoms with van der Waals surface area (Å²) in [6.45, 7) is 8.35. The van der Waals surface area contributed by atoms with Crippen LogP contribution in [0.2, 0.25) is 0 Å². The number of benzene rings is 1. The number of hydrogen-bond donors (Lipinski definition) is 3. The summed E-state index contributed by atoms with van der Waals surface area (Å²) in [5.41, 5.74) is 0.147. The minimum absolute atomic E-state index is 0. The maximum atomic E-state index is 14.0. The lowest BCUT2D eigenvalue weighted by atomic mass is 10.0. The molecule has 3 rings (SSSR count). The van der Waals surface area contributed by atoms with E-state index in [-0.39, 0.29) is 48.2 Å². The van der Waals surface area contributed by atoms with Crippen LogP contribution < -0.4 is 10.6 Å². The highest BCUT2D eigenvalue weighted by Gasteiger charge is 2.23. The van der Waals surface area contributed by atoms with Crippen LogP contribution in [0.4, 0.5) is 8.78 Å². The Morgan fingerprint density at radius 1 is 1.12 bits per heavy atom. The zero-order valence-electron chi connectivity index (χ0n) is 19.0. The third-order valence-electron chi connectivity index (χ3n) is 6.09. The van der Waals surface area contributed by atoms with Crippen LogP contribution in [0.25, 0.3) is 0 Å². The molecule has 0 bridgehead atoms. The first-order valence-corrected chi connectivity index (χ1v) is 11.7. The van der Waals surface area contributed by atoms with Gasteiger partial charge in [-0.05, 0) is 64.3 Å². The van der Waals surface area contributed by atoms with Crippen LogP contribution in [0.15, 0.2) is 23.2 Å². The number of guanidine groups is 1. The Morgan fingerprint density at radius 3 is 2.53 bits per heavy atom. The van der Waals surface area contributed by atoms with Crippen LogP contribution in [-0.4, -0.2) is 78.8 Å². The molecule has 0 aliphatic carbocycles. The van der Waals surface area contributed by atoms with Gasteiger partial charge in [-0.2, -0.15) is 0 Å². The van der Waals surface area contributed by atoms with Crippen molar-refractivity contribution in [1.82, 2.24) is 20.4 Å². The molecule has 2 heterocycles. The number of aliphatic imine (C=N–C) groups is 1. The van der Waals surface area contributed by atoms with Gasteiger partial charge in [0.05, 0.1) is 6.10 Å². The summed E-state index contributed by atoms with van der Waals surface area (Å²) in [5.74, 6) is -0.151. The molecule has 6 nitrogen and oxygen atoms in total. The van der Waals surface area contributed by atoms with Gasteiger partial charge in [0, 0.05) is 50.9 Å². The normalized spacial score (nSPS) is 21.2. The van der Waals surface area contributed by atoms with Gasteiger partial charge in [0.1, 0.15) is 11.6 Å². The van der Waals surface area contributed by atoms with Crippen molar-refractivity contribution in [3.8, 4) is 0 Å². The topological polar surface area (TPSA) is 63.1 Å². The Hall–Kier alpha value is -1.04. The second-order valence-corrected chi connectivity index (χ2v) is 8.61. The molecule has 3 N–H and O–H groups in total. The molecule has 0 aromatic heterocycles. The molecule has 0 saturated carbocycles. The van der Waals surface area contributed by atoms with Crippen molar-refractivity contribution < 1.29 is 13.9 Å². The molecule has 32 heavy (non-hydrogen) atoms. The fourth-order valence-electron chi connectivity index (χ4n) is 4.37. The molecule has 2 aliphatic rings. The zero-order valence-corrected chi connectivity index (χ0v) is 21.4. The highest BCUT2D eigenvalue weighted by atomic mass is 127. The Kier molecular flexibility index (Phi) is 12.1. The van der Waals surface area contributed by atoms with Crippen molar-refractivity contribution in [3.63, 3.8) is 0 Å². The SMILES string of the molecule is CCNC(=NCCCN1CCC(O)CC1)NC1CCCN(Cc2c(F)cccc2F)C1.I. The van der Waals surface area contributed by atoms with Crippen LogP contribution in [0.5, 0.6) is 0 Å². The summed E-state index contributed by atoms with van der Waals surface area (Å²) in [6, 6.07) is 4.24. The summed E-state index contributed by atoms with van der Waals surface area (Å²) >= 11 is 0.